The van der Waals surface area contributed by atoms with Crippen LogP contribution in [0.2, 0.25) is 10.0 Å². The number of hydrogen-bond donors (Lipinski definition) is 1. The molecule has 3 aromatic rings. The minimum absolute atomic E-state index is 0.0713. The van der Waals surface area contributed by atoms with Gasteiger partial charge < -0.3 is 14.6 Å². The van der Waals surface area contributed by atoms with Crippen molar-refractivity contribution in [3.63, 3.8) is 0 Å². The zero-order chi connectivity index (χ0) is 25.3. The second-order valence-corrected chi connectivity index (χ2v) is 8.80. The predicted molar refractivity (Wildman–Crippen MR) is 137 cm³/mol. The van der Waals surface area contributed by atoms with Crippen LogP contribution in [-0.2, 0) is 9.59 Å². The van der Waals surface area contributed by atoms with Crippen molar-refractivity contribution in [1.82, 2.24) is 0 Å². The number of anilines is 1. The summed E-state index contributed by atoms with van der Waals surface area (Å²) in [5.74, 6) is -1.05. The molecule has 1 atom stereocenters. The number of carbonyl (C=O) groups excluding carboxylic acids is 2. The number of ether oxygens (including phenoxy) is 2. The van der Waals surface area contributed by atoms with E-state index in [4.69, 9.17) is 32.7 Å². The fourth-order valence-electron chi connectivity index (χ4n) is 4.15. The molecule has 0 spiro atoms. The van der Waals surface area contributed by atoms with Crippen LogP contribution in [0.5, 0.6) is 11.5 Å². The number of aliphatic hydroxyl groups is 1. The molecule has 180 valence electrons. The van der Waals surface area contributed by atoms with Crippen LogP contribution in [0.1, 0.15) is 29.7 Å². The molecule has 1 aliphatic heterocycles. The van der Waals surface area contributed by atoms with Crippen molar-refractivity contribution in [2.45, 2.75) is 19.9 Å². The van der Waals surface area contributed by atoms with Crippen molar-refractivity contribution >= 4 is 46.3 Å². The summed E-state index contributed by atoms with van der Waals surface area (Å²) >= 11 is 12.5. The Bertz CT molecular complexity index is 1310. The lowest BCUT2D eigenvalue weighted by molar-refractivity contribution is -0.132. The van der Waals surface area contributed by atoms with Gasteiger partial charge in [-0.25, -0.2) is 0 Å². The summed E-state index contributed by atoms with van der Waals surface area (Å²) in [6.45, 7) is 4.28. The van der Waals surface area contributed by atoms with E-state index < -0.39 is 17.7 Å². The van der Waals surface area contributed by atoms with Crippen LogP contribution in [0, 0.1) is 6.92 Å². The molecule has 1 amide bonds. The number of benzene rings is 3. The monoisotopic (exact) mass is 511 g/mol. The highest BCUT2D eigenvalue weighted by Gasteiger charge is 2.47. The molecule has 1 saturated heterocycles. The Balaban J connectivity index is 1.93. The van der Waals surface area contributed by atoms with E-state index in [1.165, 1.54) is 24.1 Å². The number of aliphatic hydroxyl groups excluding tert-OH is 1. The van der Waals surface area contributed by atoms with E-state index in [0.717, 1.165) is 5.56 Å². The molecule has 35 heavy (non-hydrogen) atoms. The summed E-state index contributed by atoms with van der Waals surface area (Å²) in [6.07, 6.45) is 0. The van der Waals surface area contributed by atoms with E-state index >= 15 is 0 Å². The van der Waals surface area contributed by atoms with Crippen molar-refractivity contribution in [2.24, 2.45) is 0 Å². The van der Waals surface area contributed by atoms with Crippen LogP contribution in [0.15, 0.2) is 66.2 Å². The Morgan fingerprint density at radius 2 is 1.69 bits per heavy atom. The standard InChI is InChI=1S/C27H23Cl2NO5/c1-4-35-19-10-8-16(9-11-19)23-22(24(31)17-13-20(28)26(34-3)21(29)14-17)25(32)27(33)30(23)18-7-5-6-15(2)12-18/h5-14,23,31H,4H2,1-3H3/b24-22+. The molecule has 0 radical (unpaired) electrons. The third-order valence-corrected chi connectivity index (χ3v) is 6.27. The van der Waals surface area contributed by atoms with E-state index in [0.29, 0.717) is 23.6 Å². The van der Waals surface area contributed by atoms with Gasteiger partial charge in [-0.3, -0.25) is 14.5 Å². The summed E-state index contributed by atoms with van der Waals surface area (Å²) in [7, 11) is 1.42. The maximum Gasteiger partial charge on any atom is 0.300 e. The minimum atomic E-state index is -0.882. The third kappa shape index (κ3) is 4.59. The summed E-state index contributed by atoms with van der Waals surface area (Å²) in [6, 6.07) is 16.3. The van der Waals surface area contributed by atoms with Crippen LogP contribution in [0.25, 0.3) is 5.76 Å². The highest BCUT2D eigenvalue weighted by Crippen LogP contribution is 2.44. The SMILES string of the molecule is CCOc1ccc(C2/C(=C(\O)c3cc(Cl)c(OC)c(Cl)c3)C(=O)C(=O)N2c2cccc(C)c2)cc1. The minimum Gasteiger partial charge on any atom is -0.507 e. The fraction of sp³-hybridized carbons (Fsp3) is 0.185. The van der Waals surface area contributed by atoms with E-state index in [9.17, 15) is 14.7 Å². The highest BCUT2D eigenvalue weighted by molar-refractivity contribution is 6.51. The Morgan fingerprint density at radius 1 is 1.03 bits per heavy atom. The normalized spacial score (nSPS) is 17.1. The van der Waals surface area contributed by atoms with Gasteiger partial charge in [0.25, 0.3) is 11.7 Å². The number of methoxy groups -OCH3 is 1. The van der Waals surface area contributed by atoms with Gasteiger partial charge in [0, 0.05) is 11.3 Å². The number of Topliss-reactive ketones (excluding diaryl/α,β-unsaturated/α-hetero) is 1. The smallest absolute Gasteiger partial charge is 0.300 e. The first kappa shape index (κ1) is 24.6. The number of carbonyl (C=O) groups is 2. The number of halogens is 2. The van der Waals surface area contributed by atoms with Crippen LogP contribution in [-0.4, -0.2) is 30.5 Å². The molecular formula is C27H23Cl2NO5. The van der Waals surface area contributed by atoms with Crippen molar-refractivity contribution in [3.8, 4) is 11.5 Å². The fourth-order valence-corrected chi connectivity index (χ4v) is 4.79. The molecule has 0 aromatic heterocycles. The summed E-state index contributed by atoms with van der Waals surface area (Å²) in [5.41, 5.74) is 2.21. The van der Waals surface area contributed by atoms with Crippen LogP contribution >= 0.6 is 23.2 Å². The Morgan fingerprint density at radius 3 is 2.26 bits per heavy atom. The molecule has 8 heteroatoms. The van der Waals surface area contributed by atoms with Gasteiger partial charge in [-0.05, 0) is 61.4 Å². The maximum absolute atomic E-state index is 13.3. The van der Waals surface area contributed by atoms with E-state index in [1.807, 2.05) is 32.0 Å². The first-order valence-electron chi connectivity index (χ1n) is 10.9. The number of aryl methyl sites for hydroxylation is 1. The van der Waals surface area contributed by atoms with Crippen molar-refractivity contribution in [3.05, 3.63) is 93.0 Å². The number of rotatable bonds is 6. The average molecular weight is 512 g/mol. The molecule has 1 aliphatic rings. The first-order valence-corrected chi connectivity index (χ1v) is 11.7. The number of ketones is 1. The zero-order valence-electron chi connectivity index (χ0n) is 19.3. The Kier molecular flexibility index (Phi) is 7.05. The van der Waals surface area contributed by atoms with Crippen molar-refractivity contribution in [1.29, 1.82) is 0 Å². The lowest BCUT2D eigenvalue weighted by Crippen LogP contribution is -2.29. The summed E-state index contributed by atoms with van der Waals surface area (Å²) in [5, 5.41) is 11.6. The number of amides is 1. The molecule has 0 bridgehead atoms. The van der Waals surface area contributed by atoms with Gasteiger partial charge in [0.2, 0.25) is 0 Å². The lowest BCUT2D eigenvalue weighted by atomic mass is 9.95. The second-order valence-electron chi connectivity index (χ2n) is 7.98. The number of hydrogen-bond acceptors (Lipinski definition) is 5. The molecule has 1 fully saturated rings. The topological polar surface area (TPSA) is 76.1 Å². The molecule has 0 saturated carbocycles. The van der Waals surface area contributed by atoms with Crippen LogP contribution < -0.4 is 14.4 Å². The zero-order valence-corrected chi connectivity index (χ0v) is 20.9. The first-order chi connectivity index (χ1) is 16.8. The Hall–Kier alpha value is -3.48. The lowest BCUT2D eigenvalue weighted by Gasteiger charge is -2.26. The maximum atomic E-state index is 13.3. The van der Waals surface area contributed by atoms with E-state index in [-0.39, 0.29) is 32.7 Å². The molecule has 1 N–H and O–H groups in total. The number of nitrogens with zero attached hydrogens (tertiary/aromatic N) is 1. The third-order valence-electron chi connectivity index (χ3n) is 5.71. The van der Waals surface area contributed by atoms with Gasteiger partial charge in [-0.1, -0.05) is 47.5 Å². The van der Waals surface area contributed by atoms with E-state index in [1.54, 1.807) is 30.3 Å². The van der Waals surface area contributed by atoms with E-state index in [2.05, 4.69) is 0 Å². The largest absolute Gasteiger partial charge is 0.507 e. The molecule has 0 aliphatic carbocycles. The quantitative estimate of drug-likeness (QED) is 0.237. The van der Waals surface area contributed by atoms with Gasteiger partial charge >= 0.3 is 0 Å². The van der Waals surface area contributed by atoms with Gasteiger partial charge in [-0.2, -0.15) is 0 Å². The average Bonchev–Trinajstić information content (AvgIpc) is 3.09. The van der Waals surface area contributed by atoms with Crippen LogP contribution in [0.3, 0.4) is 0 Å². The molecule has 1 unspecified atom stereocenters. The van der Waals surface area contributed by atoms with Gasteiger partial charge in [0.05, 0.1) is 35.4 Å². The highest BCUT2D eigenvalue weighted by atomic mass is 35.5. The van der Waals surface area contributed by atoms with Gasteiger partial charge in [-0.15, -0.1) is 0 Å². The van der Waals surface area contributed by atoms with Crippen molar-refractivity contribution in [2.75, 3.05) is 18.6 Å². The molecule has 4 rings (SSSR count). The molecule has 1 heterocycles. The molecular weight excluding hydrogens is 489 g/mol. The summed E-state index contributed by atoms with van der Waals surface area (Å²) < 4.78 is 10.7. The summed E-state index contributed by atoms with van der Waals surface area (Å²) in [4.78, 5) is 28.0. The molecule has 6 nitrogen and oxygen atoms in total. The Labute approximate surface area is 213 Å². The van der Waals surface area contributed by atoms with Gasteiger partial charge in [0.15, 0.2) is 5.75 Å². The van der Waals surface area contributed by atoms with Crippen molar-refractivity contribution < 1.29 is 24.2 Å². The predicted octanol–water partition coefficient (Wildman–Crippen LogP) is 6.34. The second kappa shape index (κ2) is 10.0. The van der Waals surface area contributed by atoms with Gasteiger partial charge in [0.1, 0.15) is 11.5 Å². The van der Waals surface area contributed by atoms with Crippen LogP contribution in [0.4, 0.5) is 5.69 Å². The molecule has 3 aromatic carbocycles.